The van der Waals surface area contributed by atoms with Gasteiger partial charge in [-0.25, -0.2) is 0 Å². The van der Waals surface area contributed by atoms with Gasteiger partial charge >= 0.3 is 0 Å². The van der Waals surface area contributed by atoms with E-state index in [0.717, 1.165) is 10.0 Å². The second-order valence-corrected chi connectivity index (χ2v) is 5.12. The fraction of sp³-hybridized carbons (Fsp3) is 0.250. The number of hydrogen-bond acceptors (Lipinski definition) is 4. The van der Waals surface area contributed by atoms with E-state index in [1.54, 1.807) is 23.0 Å². The predicted molar refractivity (Wildman–Crippen MR) is 75.5 cm³/mol. The molecule has 0 saturated heterocycles. The lowest BCUT2D eigenvalue weighted by Crippen LogP contribution is -2.25. The van der Waals surface area contributed by atoms with Crippen LogP contribution in [-0.2, 0) is 13.6 Å². The van der Waals surface area contributed by atoms with E-state index in [4.69, 9.17) is 5.73 Å². The molecule has 2 rings (SSSR count). The van der Waals surface area contributed by atoms with E-state index in [2.05, 4.69) is 31.4 Å². The van der Waals surface area contributed by atoms with Crippen LogP contribution in [0.2, 0.25) is 0 Å². The summed E-state index contributed by atoms with van der Waals surface area (Å²) in [5, 5.41) is 10.5. The van der Waals surface area contributed by atoms with Crippen molar-refractivity contribution in [3.05, 3.63) is 39.9 Å². The average Bonchev–Trinajstić information content (AvgIpc) is 2.76. The first-order chi connectivity index (χ1) is 8.99. The van der Waals surface area contributed by atoms with E-state index in [1.807, 2.05) is 14.0 Å². The van der Waals surface area contributed by atoms with Gasteiger partial charge in [-0.2, -0.15) is 0 Å². The first kappa shape index (κ1) is 13.5. The van der Waals surface area contributed by atoms with Crippen molar-refractivity contribution in [2.24, 2.45) is 7.05 Å². The van der Waals surface area contributed by atoms with Gasteiger partial charge in [-0.3, -0.25) is 4.79 Å². The molecular formula is C12H14BrN5O. The van der Waals surface area contributed by atoms with E-state index in [9.17, 15) is 4.79 Å². The minimum atomic E-state index is -0.187. The smallest absolute Gasteiger partial charge is 0.252 e. The molecule has 1 amide bonds. The molecule has 0 atom stereocenters. The summed E-state index contributed by atoms with van der Waals surface area (Å²) in [4.78, 5) is 12.1. The maximum atomic E-state index is 12.1. The summed E-state index contributed by atoms with van der Waals surface area (Å²) in [5.41, 5.74) is 7.73. The first-order valence-electron chi connectivity index (χ1n) is 5.65. The highest BCUT2D eigenvalue weighted by atomic mass is 79.9. The molecule has 1 aromatic carbocycles. The number of carbonyl (C=O) groups is 1. The lowest BCUT2D eigenvalue weighted by molar-refractivity contribution is 0.0949. The molecule has 0 spiro atoms. The lowest BCUT2D eigenvalue weighted by Gasteiger charge is -2.10. The highest BCUT2D eigenvalue weighted by Gasteiger charge is 2.13. The molecule has 2 aromatic rings. The Morgan fingerprint density at radius 2 is 2.26 bits per heavy atom. The van der Waals surface area contributed by atoms with Crippen LogP contribution >= 0.6 is 15.9 Å². The normalized spacial score (nSPS) is 10.5. The average molecular weight is 324 g/mol. The predicted octanol–water partition coefficient (Wildman–Crippen LogP) is 1.40. The Morgan fingerprint density at radius 3 is 2.89 bits per heavy atom. The number of aryl methyl sites for hydroxylation is 1. The molecule has 100 valence electrons. The SMILES string of the molecule is Cc1c(N)cc(Br)cc1C(=O)NCc1nncn1C. The zero-order valence-corrected chi connectivity index (χ0v) is 12.2. The van der Waals surface area contributed by atoms with Gasteiger partial charge in [0.15, 0.2) is 5.82 Å². The van der Waals surface area contributed by atoms with Crippen LogP contribution in [0.3, 0.4) is 0 Å². The number of aromatic nitrogens is 3. The summed E-state index contributed by atoms with van der Waals surface area (Å²) in [6.07, 6.45) is 1.59. The van der Waals surface area contributed by atoms with Crippen molar-refractivity contribution in [3.63, 3.8) is 0 Å². The van der Waals surface area contributed by atoms with Crippen molar-refractivity contribution in [2.75, 3.05) is 5.73 Å². The van der Waals surface area contributed by atoms with Gasteiger partial charge in [-0.1, -0.05) is 15.9 Å². The summed E-state index contributed by atoms with van der Waals surface area (Å²) < 4.78 is 2.53. The van der Waals surface area contributed by atoms with Gasteiger partial charge in [0, 0.05) is 22.8 Å². The Labute approximate surface area is 119 Å². The monoisotopic (exact) mass is 323 g/mol. The summed E-state index contributed by atoms with van der Waals surface area (Å²) in [7, 11) is 1.82. The molecule has 3 N–H and O–H groups in total. The number of carbonyl (C=O) groups excluding carboxylic acids is 1. The minimum Gasteiger partial charge on any atom is -0.398 e. The molecule has 19 heavy (non-hydrogen) atoms. The fourth-order valence-corrected chi connectivity index (χ4v) is 2.13. The number of benzene rings is 1. The lowest BCUT2D eigenvalue weighted by atomic mass is 10.1. The maximum absolute atomic E-state index is 12.1. The maximum Gasteiger partial charge on any atom is 0.252 e. The van der Waals surface area contributed by atoms with Gasteiger partial charge in [0.1, 0.15) is 6.33 Å². The minimum absolute atomic E-state index is 0.187. The molecule has 1 heterocycles. The third kappa shape index (κ3) is 2.93. The number of amides is 1. The van der Waals surface area contributed by atoms with Crippen LogP contribution in [0.25, 0.3) is 0 Å². The van der Waals surface area contributed by atoms with Crippen LogP contribution in [0, 0.1) is 6.92 Å². The second-order valence-electron chi connectivity index (χ2n) is 4.21. The van der Waals surface area contributed by atoms with Crippen LogP contribution in [0.4, 0.5) is 5.69 Å². The Bertz CT molecular complexity index is 623. The summed E-state index contributed by atoms with van der Waals surface area (Å²) >= 11 is 3.33. The number of nitrogens with one attached hydrogen (secondary N) is 1. The molecule has 1 aromatic heterocycles. The summed E-state index contributed by atoms with van der Waals surface area (Å²) in [6.45, 7) is 2.14. The Balaban J connectivity index is 2.15. The van der Waals surface area contributed by atoms with Crippen molar-refractivity contribution >= 4 is 27.5 Å². The molecule has 7 heteroatoms. The standard InChI is InChI=1S/C12H14BrN5O/c1-7-9(3-8(13)4-10(7)14)12(19)15-5-11-17-16-6-18(11)2/h3-4,6H,5,14H2,1-2H3,(H,15,19). The van der Waals surface area contributed by atoms with Crippen molar-refractivity contribution < 1.29 is 4.79 Å². The zero-order valence-electron chi connectivity index (χ0n) is 10.6. The quantitative estimate of drug-likeness (QED) is 0.836. The van der Waals surface area contributed by atoms with Crippen LogP contribution in [0.5, 0.6) is 0 Å². The molecule has 6 nitrogen and oxygen atoms in total. The Kier molecular flexibility index (Phi) is 3.84. The van der Waals surface area contributed by atoms with Crippen molar-refractivity contribution in [1.82, 2.24) is 20.1 Å². The summed E-state index contributed by atoms with van der Waals surface area (Å²) in [5.74, 6) is 0.502. The van der Waals surface area contributed by atoms with Gasteiger partial charge in [0.2, 0.25) is 0 Å². The second kappa shape index (κ2) is 5.40. The zero-order chi connectivity index (χ0) is 14.0. The number of halogens is 1. The fourth-order valence-electron chi connectivity index (χ4n) is 1.66. The highest BCUT2D eigenvalue weighted by molar-refractivity contribution is 9.10. The third-order valence-electron chi connectivity index (χ3n) is 2.87. The Hall–Kier alpha value is -1.89. The first-order valence-corrected chi connectivity index (χ1v) is 6.45. The van der Waals surface area contributed by atoms with Crippen molar-refractivity contribution in [3.8, 4) is 0 Å². The number of nitrogens with zero attached hydrogens (tertiary/aromatic N) is 3. The van der Waals surface area contributed by atoms with E-state index >= 15 is 0 Å². The largest absolute Gasteiger partial charge is 0.398 e. The molecule has 0 unspecified atom stereocenters. The number of anilines is 1. The van der Waals surface area contributed by atoms with Crippen molar-refractivity contribution in [2.45, 2.75) is 13.5 Å². The van der Waals surface area contributed by atoms with Crippen LogP contribution in [-0.4, -0.2) is 20.7 Å². The van der Waals surface area contributed by atoms with E-state index < -0.39 is 0 Å². The molecule has 0 aliphatic rings. The Morgan fingerprint density at radius 1 is 1.53 bits per heavy atom. The van der Waals surface area contributed by atoms with Gasteiger partial charge in [0.25, 0.3) is 5.91 Å². The van der Waals surface area contributed by atoms with Gasteiger partial charge in [-0.15, -0.1) is 10.2 Å². The summed E-state index contributed by atoms with van der Waals surface area (Å²) in [6, 6.07) is 3.52. The molecule has 0 aliphatic carbocycles. The molecule has 0 saturated carbocycles. The molecule has 0 aliphatic heterocycles. The van der Waals surface area contributed by atoms with Crippen molar-refractivity contribution in [1.29, 1.82) is 0 Å². The molecule has 0 fully saturated rings. The number of rotatable bonds is 3. The van der Waals surface area contributed by atoms with E-state index in [-0.39, 0.29) is 5.91 Å². The topological polar surface area (TPSA) is 85.8 Å². The molecule has 0 radical (unpaired) electrons. The van der Waals surface area contributed by atoms with E-state index in [0.29, 0.717) is 23.6 Å². The number of nitrogen functional groups attached to an aromatic ring is 1. The highest BCUT2D eigenvalue weighted by Crippen LogP contribution is 2.22. The van der Waals surface area contributed by atoms with Crippen LogP contribution in [0.15, 0.2) is 22.9 Å². The molecule has 0 bridgehead atoms. The van der Waals surface area contributed by atoms with Gasteiger partial charge in [-0.05, 0) is 24.6 Å². The van der Waals surface area contributed by atoms with Crippen LogP contribution in [0.1, 0.15) is 21.7 Å². The van der Waals surface area contributed by atoms with Crippen LogP contribution < -0.4 is 11.1 Å². The molecular weight excluding hydrogens is 310 g/mol. The number of nitrogens with two attached hydrogens (primary N) is 1. The third-order valence-corrected chi connectivity index (χ3v) is 3.33. The van der Waals surface area contributed by atoms with Gasteiger partial charge < -0.3 is 15.6 Å². The number of hydrogen-bond donors (Lipinski definition) is 2. The van der Waals surface area contributed by atoms with Gasteiger partial charge in [0.05, 0.1) is 6.54 Å². The van der Waals surface area contributed by atoms with E-state index in [1.165, 1.54) is 0 Å².